The first-order valence-electron chi connectivity index (χ1n) is 8.61. The molecular weight excluding hydrogens is 343 g/mol. The van der Waals surface area contributed by atoms with E-state index in [0.717, 1.165) is 16.7 Å². The Morgan fingerprint density at radius 1 is 0.654 bits per heavy atom. The van der Waals surface area contributed by atoms with Gasteiger partial charge < -0.3 is 0 Å². The summed E-state index contributed by atoms with van der Waals surface area (Å²) in [4.78, 5) is 33.5. The van der Waals surface area contributed by atoms with Gasteiger partial charge in [0.1, 0.15) is 0 Å². The van der Waals surface area contributed by atoms with Crippen LogP contribution in [-0.2, 0) is 5.41 Å². The van der Waals surface area contributed by atoms with Gasteiger partial charge in [0, 0.05) is 0 Å². The second kappa shape index (κ2) is 6.29. The predicted molar refractivity (Wildman–Crippen MR) is 110 cm³/mol. The van der Waals surface area contributed by atoms with E-state index in [2.05, 4.69) is 0 Å². The van der Waals surface area contributed by atoms with Crippen LogP contribution < -0.4 is 10.6 Å². The SMILES string of the molecule is CC(C)(C)c1c(-c2ccccc2)cccc1P(O)(O)(O)c1ccccc1. The van der Waals surface area contributed by atoms with Crippen molar-refractivity contribution in [1.29, 1.82) is 0 Å². The van der Waals surface area contributed by atoms with Gasteiger partial charge in [-0.1, -0.05) is 0 Å². The molecule has 0 atom stereocenters. The molecule has 0 unspecified atom stereocenters. The summed E-state index contributed by atoms with van der Waals surface area (Å²) in [7, 11) is -5.27. The van der Waals surface area contributed by atoms with Crippen molar-refractivity contribution in [3.05, 3.63) is 84.4 Å². The Hall–Kier alpha value is -2.03. The zero-order chi connectivity index (χ0) is 19.0. The van der Waals surface area contributed by atoms with Crippen molar-refractivity contribution in [3.63, 3.8) is 0 Å². The van der Waals surface area contributed by atoms with Crippen LogP contribution in [0.4, 0.5) is 0 Å². The zero-order valence-corrected chi connectivity index (χ0v) is 16.2. The van der Waals surface area contributed by atoms with Gasteiger partial charge in [0.05, 0.1) is 0 Å². The molecule has 0 aliphatic carbocycles. The molecule has 3 nitrogen and oxygen atoms in total. The van der Waals surface area contributed by atoms with Gasteiger partial charge in [0.15, 0.2) is 0 Å². The van der Waals surface area contributed by atoms with Crippen LogP contribution in [0, 0.1) is 0 Å². The average Bonchev–Trinajstić information content (AvgIpc) is 2.61. The van der Waals surface area contributed by atoms with Crippen LogP contribution in [0.1, 0.15) is 26.3 Å². The van der Waals surface area contributed by atoms with E-state index in [9.17, 15) is 14.7 Å². The molecule has 26 heavy (non-hydrogen) atoms. The maximum atomic E-state index is 11.2. The van der Waals surface area contributed by atoms with Crippen LogP contribution in [0.3, 0.4) is 0 Å². The molecule has 3 N–H and O–H groups in total. The molecule has 3 aromatic rings. The van der Waals surface area contributed by atoms with E-state index in [1.807, 2.05) is 57.2 Å². The third-order valence-electron chi connectivity index (χ3n) is 4.55. The van der Waals surface area contributed by atoms with E-state index < -0.39 is 12.7 Å². The molecule has 0 bridgehead atoms. The summed E-state index contributed by atoms with van der Waals surface area (Å²) >= 11 is 0. The van der Waals surface area contributed by atoms with Crippen molar-refractivity contribution in [2.75, 3.05) is 0 Å². The van der Waals surface area contributed by atoms with Crippen molar-refractivity contribution in [2.24, 2.45) is 0 Å². The van der Waals surface area contributed by atoms with Gasteiger partial charge in [-0.25, -0.2) is 0 Å². The fraction of sp³-hybridized carbons (Fsp3) is 0.182. The molecular formula is C22H25O3P. The minimum atomic E-state index is -5.27. The summed E-state index contributed by atoms with van der Waals surface area (Å²) < 4.78 is 0. The van der Waals surface area contributed by atoms with Gasteiger partial charge in [0.2, 0.25) is 0 Å². The van der Waals surface area contributed by atoms with Gasteiger partial charge >= 0.3 is 154 Å². The fourth-order valence-corrected chi connectivity index (χ4v) is 5.60. The van der Waals surface area contributed by atoms with Crippen LogP contribution in [0.5, 0.6) is 0 Å². The summed E-state index contributed by atoms with van der Waals surface area (Å²) in [5.74, 6) is 0. The molecule has 0 aromatic heterocycles. The molecule has 0 saturated carbocycles. The van der Waals surface area contributed by atoms with Crippen molar-refractivity contribution < 1.29 is 14.7 Å². The Kier molecular flexibility index (Phi) is 4.54. The number of hydrogen-bond acceptors (Lipinski definition) is 3. The van der Waals surface area contributed by atoms with E-state index in [0.29, 0.717) is 0 Å². The topological polar surface area (TPSA) is 60.7 Å². The summed E-state index contributed by atoms with van der Waals surface area (Å²) in [6.45, 7) is 6.03. The van der Waals surface area contributed by atoms with Crippen molar-refractivity contribution in [1.82, 2.24) is 0 Å². The van der Waals surface area contributed by atoms with Gasteiger partial charge in [-0.2, -0.15) is 0 Å². The second-order valence-corrected chi connectivity index (χ2v) is 10.6. The number of hydrogen-bond donors (Lipinski definition) is 3. The Morgan fingerprint density at radius 3 is 1.73 bits per heavy atom. The van der Waals surface area contributed by atoms with E-state index >= 15 is 0 Å². The monoisotopic (exact) mass is 368 g/mol. The summed E-state index contributed by atoms with van der Waals surface area (Å²) in [6, 6.07) is 23.4. The van der Waals surface area contributed by atoms with Crippen LogP contribution >= 0.6 is 7.28 Å². The Labute approximate surface area is 154 Å². The third-order valence-corrected chi connectivity index (χ3v) is 7.06. The molecule has 4 heteroatoms. The molecule has 136 valence electrons. The molecule has 0 radical (unpaired) electrons. The molecule has 0 fully saturated rings. The molecule has 0 heterocycles. The molecule has 3 rings (SSSR count). The zero-order valence-electron chi connectivity index (χ0n) is 15.3. The average molecular weight is 368 g/mol. The molecule has 0 aliphatic heterocycles. The van der Waals surface area contributed by atoms with Crippen LogP contribution in [0.15, 0.2) is 78.9 Å². The maximum absolute atomic E-state index is 11.2. The van der Waals surface area contributed by atoms with Gasteiger partial charge in [-0.3, -0.25) is 0 Å². The first-order valence-corrected chi connectivity index (χ1v) is 10.7. The van der Waals surface area contributed by atoms with Crippen LogP contribution in [0.2, 0.25) is 0 Å². The van der Waals surface area contributed by atoms with Gasteiger partial charge in [-0.05, 0) is 0 Å². The quantitative estimate of drug-likeness (QED) is 0.615. The summed E-state index contributed by atoms with van der Waals surface area (Å²) in [6.07, 6.45) is 0. The van der Waals surface area contributed by atoms with E-state index in [-0.39, 0.29) is 10.6 Å². The second-order valence-electron chi connectivity index (χ2n) is 7.63. The Morgan fingerprint density at radius 2 is 1.19 bits per heavy atom. The summed E-state index contributed by atoms with van der Waals surface area (Å²) in [5, 5.41) is 0.324. The fourth-order valence-electron chi connectivity index (χ4n) is 3.37. The van der Waals surface area contributed by atoms with Crippen LogP contribution in [0.25, 0.3) is 11.1 Å². The Balaban J connectivity index is 2.36. The first kappa shape index (κ1) is 18.8. The van der Waals surface area contributed by atoms with Gasteiger partial charge in [-0.15, -0.1) is 0 Å². The van der Waals surface area contributed by atoms with E-state index in [4.69, 9.17) is 0 Å². The molecule has 0 aliphatic rings. The number of benzene rings is 3. The first-order chi connectivity index (χ1) is 12.1. The minimum absolute atomic E-state index is 0.134. The predicted octanol–water partition coefficient (Wildman–Crippen LogP) is 3.88. The standard InChI is InChI=1S/C22H25O3P/c1-22(2,3)21-19(17-11-6-4-7-12-17)15-10-16-20(21)26(23,24,25)18-13-8-5-9-14-18/h4-16,23-25H,1-3H3. The van der Waals surface area contributed by atoms with Crippen LogP contribution in [-0.4, -0.2) is 14.7 Å². The molecule has 0 amide bonds. The molecule has 3 aromatic carbocycles. The Bertz CT molecular complexity index is 905. The normalized spacial score (nSPS) is 13.8. The third kappa shape index (κ3) is 3.32. The van der Waals surface area contributed by atoms with Crippen molar-refractivity contribution in [3.8, 4) is 11.1 Å². The van der Waals surface area contributed by atoms with E-state index in [1.54, 1.807) is 42.5 Å². The van der Waals surface area contributed by atoms with E-state index in [1.165, 1.54) is 0 Å². The molecule has 0 saturated heterocycles. The van der Waals surface area contributed by atoms with Crippen molar-refractivity contribution >= 4 is 17.9 Å². The van der Waals surface area contributed by atoms with Gasteiger partial charge in [0.25, 0.3) is 0 Å². The summed E-state index contributed by atoms with van der Waals surface area (Å²) in [5.41, 5.74) is 2.19. The molecule has 0 spiro atoms. The number of rotatable bonds is 3. The van der Waals surface area contributed by atoms with Crippen molar-refractivity contribution in [2.45, 2.75) is 26.2 Å².